The zero-order valence-electron chi connectivity index (χ0n) is 13.3. The number of hydrogen-bond donors (Lipinski definition) is 1. The number of halogens is 1. The number of aliphatic hydroxyl groups excluding tert-OH is 1. The van der Waals surface area contributed by atoms with Crippen LogP contribution in [0, 0.1) is 0 Å². The van der Waals surface area contributed by atoms with E-state index in [0.717, 1.165) is 5.39 Å². The van der Waals surface area contributed by atoms with E-state index in [4.69, 9.17) is 16.3 Å². The van der Waals surface area contributed by atoms with Gasteiger partial charge in [-0.2, -0.15) is 4.31 Å². The quantitative estimate of drug-likeness (QED) is 0.805. The van der Waals surface area contributed by atoms with E-state index in [0.29, 0.717) is 41.5 Å². The van der Waals surface area contributed by atoms with Gasteiger partial charge in [-0.05, 0) is 17.9 Å². The molecule has 130 valence electrons. The van der Waals surface area contributed by atoms with E-state index in [2.05, 4.69) is 9.97 Å². The summed E-state index contributed by atoms with van der Waals surface area (Å²) >= 11 is 5.98. The third kappa shape index (κ3) is 3.32. The molecule has 7 nitrogen and oxygen atoms in total. The number of hydrogen-bond acceptors (Lipinski definition) is 6. The molecule has 9 heteroatoms. The lowest BCUT2D eigenvalue weighted by Crippen LogP contribution is -2.55. The summed E-state index contributed by atoms with van der Waals surface area (Å²) in [6.45, 7) is 2.46. The molecule has 1 fully saturated rings. The maximum atomic E-state index is 11.4. The van der Waals surface area contributed by atoms with Crippen molar-refractivity contribution < 1.29 is 18.3 Å². The van der Waals surface area contributed by atoms with Crippen LogP contribution in [-0.2, 0) is 10.0 Å². The van der Waals surface area contributed by atoms with E-state index < -0.39 is 16.1 Å². The highest BCUT2D eigenvalue weighted by Crippen LogP contribution is 2.33. The molecule has 3 heterocycles. The Morgan fingerprint density at radius 1 is 1.38 bits per heavy atom. The van der Waals surface area contributed by atoms with Gasteiger partial charge in [-0.25, -0.2) is 18.4 Å². The van der Waals surface area contributed by atoms with Crippen molar-refractivity contribution in [2.45, 2.75) is 25.6 Å². The van der Waals surface area contributed by atoms with Crippen LogP contribution in [0.15, 0.2) is 18.5 Å². The number of aliphatic hydroxyl groups is 1. The number of ether oxygens (including phenoxy) is 1. The molecule has 1 N–H and O–H groups in total. The van der Waals surface area contributed by atoms with Crippen molar-refractivity contribution in [3.8, 4) is 5.88 Å². The molecule has 24 heavy (non-hydrogen) atoms. The van der Waals surface area contributed by atoms with Gasteiger partial charge in [0.1, 0.15) is 11.3 Å². The van der Waals surface area contributed by atoms with E-state index in [1.165, 1.54) is 10.6 Å². The predicted molar refractivity (Wildman–Crippen MR) is 90.6 cm³/mol. The Morgan fingerprint density at radius 2 is 2.08 bits per heavy atom. The topological polar surface area (TPSA) is 92.6 Å². The van der Waals surface area contributed by atoms with Crippen LogP contribution in [0.25, 0.3) is 10.8 Å². The van der Waals surface area contributed by atoms with Crippen LogP contribution < -0.4 is 4.74 Å². The largest absolute Gasteiger partial charge is 0.471 e. The first-order valence-electron chi connectivity index (χ1n) is 7.53. The van der Waals surface area contributed by atoms with E-state index in [1.54, 1.807) is 18.5 Å². The number of pyridine rings is 2. The fourth-order valence-corrected chi connectivity index (χ4v) is 3.62. The molecule has 0 aliphatic carbocycles. The van der Waals surface area contributed by atoms with Crippen LogP contribution in [0.5, 0.6) is 5.88 Å². The number of rotatable bonds is 5. The SMILES string of the molecule is CCC(O)c1cnc(OC2CN(S(C)(=O)=O)C2)c2cnc(Cl)cc12. The molecule has 0 aromatic carbocycles. The Bertz CT molecular complexity index is 868. The van der Waals surface area contributed by atoms with Gasteiger partial charge in [0.25, 0.3) is 0 Å². The third-order valence-electron chi connectivity index (χ3n) is 4.04. The summed E-state index contributed by atoms with van der Waals surface area (Å²) < 4.78 is 30.0. The smallest absolute Gasteiger partial charge is 0.223 e. The molecule has 1 saturated heterocycles. The van der Waals surface area contributed by atoms with Gasteiger partial charge >= 0.3 is 0 Å². The number of aromatic nitrogens is 2. The molecule has 1 aliphatic heterocycles. The molecule has 0 bridgehead atoms. The molecular weight excluding hydrogens is 354 g/mol. The highest BCUT2D eigenvalue weighted by Gasteiger charge is 2.35. The van der Waals surface area contributed by atoms with Crippen LogP contribution in [-0.4, -0.2) is 53.2 Å². The van der Waals surface area contributed by atoms with E-state index >= 15 is 0 Å². The van der Waals surface area contributed by atoms with Gasteiger partial charge in [0, 0.05) is 18.0 Å². The third-order valence-corrected chi connectivity index (χ3v) is 5.48. The fraction of sp³-hybridized carbons (Fsp3) is 0.467. The van der Waals surface area contributed by atoms with Gasteiger partial charge in [0.05, 0.1) is 30.8 Å². The second-order valence-electron chi connectivity index (χ2n) is 5.82. The summed E-state index contributed by atoms with van der Waals surface area (Å²) in [5, 5.41) is 11.8. The van der Waals surface area contributed by atoms with Crippen LogP contribution >= 0.6 is 11.6 Å². The molecule has 1 unspecified atom stereocenters. The lowest BCUT2D eigenvalue weighted by molar-refractivity contribution is 0.0740. The zero-order chi connectivity index (χ0) is 17.5. The second-order valence-corrected chi connectivity index (χ2v) is 8.18. The fourth-order valence-electron chi connectivity index (χ4n) is 2.59. The van der Waals surface area contributed by atoms with E-state index in [9.17, 15) is 13.5 Å². The Kier molecular flexibility index (Phi) is 4.65. The Morgan fingerprint density at radius 3 is 2.71 bits per heavy atom. The number of nitrogens with zero attached hydrogens (tertiary/aromatic N) is 3. The second kappa shape index (κ2) is 6.44. The minimum atomic E-state index is -3.19. The van der Waals surface area contributed by atoms with Crippen molar-refractivity contribution in [3.63, 3.8) is 0 Å². The van der Waals surface area contributed by atoms with Gasteiger partial charge in [0.2, 0.25) is 15.9 Å². The van der Waals surface area contributed by atoms with Gasteiger partial charge < -0.3 is 9.84 Å². The summed E-state index contributed by atoms with van der Waals surface area (Å²) in [7, 11) is -3.19. The maximum Gasteiger partial charge on any atom is 0.223 e. The molecule has 1 aliphatic rings. The summed E-state index contributed by atoms with van der Waals surface area (Å²) in [6.07, 6.45) is 3.92. The molecule has 3 rings (SSSR count). The molecular formula is C15H18ClN3O4S. The van der Waals surface area contributed by atoms with Gasteiger partial charge in [-0.3, -0.25) is 0 Å². The monoisotopic (exact) mass is 371 g/mol. The van der Waals surface area contributed by atoms with Crippen LogP contribution in [0.1, 0.15) is 25.0 Å². The lowest BCUT2D eigenvalue weighted by atomic mass is 10.0. The average Bonchev–Trinajstić information content (AvgIpc) is 2.47. The van der Waals surface area contributed by atoms with Gasteiger partial charge in [-0.1, -0.05) is 18.5 Å². The minimum Gasteiger partial charge on any atom is -0.471 e. The standard InChI is InChI=1S/C15H18ClN3O4S/c1-3-13(20)11-5-18-15(12-6-17-14(16)4-10(11)12)23-9-7-19(8-9)24(2,21)22/h4-6,9,13,20H,3,7-8H2,1-2H3. The first-order chi connectivity index (χ1) is 11.3. The summed E-state index contributed by atoms with van der Waals surface area (Å²) in [5.41, 5.74) is 0.663. The summed E-state index contributed by atoms with van der Waals surface area (Å²) in [6, 6.07) is 1.67. The number of sulfonamides is 1. The van der Waals surface area contributed by atoms with Crippen molar-refractivity contribution in [2.24, 2.45) is 0 Å². The first kappa shape index (κ1) is 17.3. The Hall–Kier alpha value is -1.48. The molecule has 0 saturated carbocycles. The van der Waals surface area contributed by atoms with Crippen molar-refractivity contribution in [1.29, 1.82) is 0 Å². The van der Waals surface area contributed by atoms with Gasteiger partial charge in [0.15, 0.2) is 0 Å². The molecule has 2 aromatic heterocycles. The highest BCUT2D eigenvalue weighted by atomic mass is 35.5. The first-order valence-corrected chi connectivity index (χ1v) is 9.76. The average molecular weight is 372 g/mol. The molecule has 0 amide bonds. The summed E-state index contributed by atoms with van der Waals surface area (Å²) in [4.78, 5) is 8.34. The molecule has 1 atom stereocenters. The normalized spacial score (nSPS) is 17.7. The minimum absolute atomic E-state index is 0.256. The van der Waals surface area contributed by atoms with Crippen LogP contribution in [0.4, 0.5) is 0 Å². The predicted octanol–water partition coefficient (Wildman–Crippen LogP) is 1.75. The number of fused-ring (bicyclic) bond motifs is 1. The highest BCUT2D eigenvalue weighted by molar-refractivity contribution is 7.88. The van der Waals surface area contributed by atoms with Crippen molar-refractivity contribution in [1.82, 2.24) is 14.3 Å². The van der Waals surface area contributed by atoms with Crippen LogP contribution in [0.3, 0.4) is 0 Å². The van der Waals surface area contributed by atoms with Crippen LogP contribution in [0.2, 0.25) is 5.15 Å². The van der Waals surface area contributed by atoms with E-state index in [1.807, 2.05) is 6.92 Å². The maximum absolute atomic E-state index is 11.4. The summed E-state index contributed by atoms with van der Waals surface area (Å²) in [5.74, 6) is 0.361. The van der Waals surface area contributed by atoms with Crippen molar-refractivity contribution >= 4 is 32.4 Å². The Labute approximate surface area is 145 Å². The van der Waals surface area contributed by atoms with Crippen molar-refractivity contribution in [2.75, 3.05) is 19.3 Å². The molecule has 2 aromatic rings. The van der Waals surface area contributed by atoms with E-state index in [-0.39, 0.29) is 6.10 Å². The van der Waals surface area contributed by atoms with Gasteiger partial charge in [-0.15, -0.1) is 0 Å². The Balaban J connectivity index is 1.90. The molecule has 0 radical (unpaired) electrons. The lowest BCUT2D eigenvalue weighted by Gasteiger charge is -2.36. The molecule has 0 spiro atoms. The zero-order valence-corrected chi connectivity index (χ0v) is 14.9. The van der Waals surface area contributed by atoms with Crippen molar-refractivity contribution in [3.05, 3.63) is 29.2 Å².